The molecule has 0 unspecified atom stereocenters. The number of hydrogen-bond donors (Lipinski definition) is 3. The first-order valence-electron chi connectivity index (χ1n) is 7.79. The number of ether oxygens (including phenoxy) is 1. The van der Waals surface area contributed by atoms with Crippen molar-refractivity contribution in [3.8, 4) is 5.75 Å². The van der Waals surface area contributed by atoms with Crippen LogP contribution in [0.1, 0.15) is 27.6 Å². The number of carbonyl (C=O) groups is 3. The number of phenolic OH excluding ortho intramolecular Hbond substituents is 1. The molecule has 0 saturated heterocycles. The van der Waals surface area contributed by atoms with E-state index in [9.17, 15) is 19.5 Å². The Kier molecular flexibility index (Phi) is 6.10. The van der Waals surface area contributed by atoms with Crippen LogP contribution < -0.4 is 10.6 Å². The van der Waals surface area contributed by atoms with Crippen molar-refractivity contribution in [1.29, 1.82) is 0 Å². The Hall–Kier alpha value is -3.61. The summed E-state index contributed by atoms with van der Waals surface area (Å²) in [7, 11) is 0. The second kappa shape index (κ2) is 8.48. The number of anilines is 2. The second-order valence-corrected chi connectivity index (χ2v) is 5.18. The van der Waals surface area contributed by atoms with Crippen molar-refractivity contribution in [1.82, 2.24) is 0 Å². The number of phenols is 1. The van der Waals surface area contributed by atoms with Gasteiger partial charge in [0.15, 0.2) is 0 Å². The second-order valence-electron chi connectivity index (χ2n) is 5.18. The van der Waals surface area contributed by atoms with Gasteiger partial charge in [-0.25, -0.2) is 4.79 Å². The van der Waals surface area contributed by atoms with Crippen molar-refractivity contribution in [2.75, 3.05) is 17.2 Å². The molecule has 0 aliphatic rings. The summed E-state index contributed by atoms with van der Waals surface area (Å²) in [6.07, 6.45) is 1.09. The van der Waals surface area contributed by atoms with E-state index in [0.717, 1.165) is 6.08 Å². The number of carbonyl (C=O) groups excluding carboxylic acids is 3. The van der Waals surface area contributed by atoms with Crippen molar-refractivity contribution in [2.24, 2.45) is 0 Å². The lowest BCUT2D eigenvalue weighted by molar-refractivity contribution is -0.111. The maximum Gasteiger partial charge on any atom is 0.338 e. The first-order valence-corrected chi connectivity index (χ1v) is 7.79. The highest BCUT2D eigenvalue weighted by atomic mass is 16.5. The molecule has 2 rings (SSSR count). The lowest BCUT2D eigenvalue weighted by atomic mass is 10.1. The minimum atomic E-state index is -0.599. The monoisotopic (exact) mass is 354 g/mol. The van der Waals surface area contributed by atoms with E-state index < -0.39 is 17.8 Å². The Balaban J connectivity index is 2.21. The molecule has 7 heteroatoms. The van der Waals surface area contributed by atoms with Crippen LogP contribution in [0.25, 0.3) is 0 Å². The molecule has 0 saturated carbocycles. The maximum absolute atomic E-state index is 12.4. The van der Waals surface area contributed by atoms with Gasteiger partial charge in [0.1, 0.15) is 5.75 Å². The van der Waals surface area contributed by atoms with Crippen LogP contribution in [0.15, 0.2) is 55.1 Å². The molecule has 0 aliphatic carbocycles. The van der Waals surface area contributed by atoms with Crippen LogP contribution in [-0.2, 0) is 9.53 Å². The Labute approximate surface area is 150 Å². The fourth-order valence-electron chi connectivity index (χ4n) is 2.13. The SMILES string of the molecule is C=CC(=O)Nc1ccc(O)c(C(=O)Nc2cccc(C(=O)OCC)c2)c1. The summed E-state index contributed by atoms with van der Waals surface area (Å²) in [5.41, 5.74) is 0.952. The van der Waals surface area contributed by atoms with Gasteiger partial charge in [0.25, 0.3) is 5.91 Å². The highest BCUT2D eigenvalue weighted by molar-refractivity contribution is 6.08. The molecule has 0 aliphatic heterocycles. The zero-order chi connectivity index (χ0) is 19.1. The number of esters is 1. The average Bonchev–Trinajstić information content (AvgIpc) is 2.63. The average molecular weight is 354 g/mol. The third-order valence-corrected chi connectivity index (χ3v) is 3.33. The van der Waals surface area contributed by atoms with E-state index in [1.54, 1.807) is 25.1 Å². The van der Waals surface area contributed by atoms with Gasteiger partial charge in [-0.15, -0.1) is 0 Å². The summed E-state index contributed by atoms with van der Waals surface area (Å²) in [5.74, 6) is -1.79. The third kappa shape index (κ3) is 4.70. The molecule has 3 N–H and O–H groups in total. The molecular formula is C19H18N2O5. The van der Waals surface area contributed by atoms with E-state index in [-0.39, 0.29) is 17.9 Å². The molecule has 7 nitrogen and oxygen atoms in total. The Morgan fingerprint density at radius 3 is 2.54 bits per heavy atom. The fourth-order valence-corrected chi connectivity index (χ4v) is 2.13. The number of aromatic hydroxyl groups is 1. The normalized spacial score (nSPS) is 9.88. The predicted molar refractivity (Wildman–Crippen MR) is 97.3 cm³/mol. The van der Waals surface area contributed by atoms with Crippen LogP contribution in [0.2, 0.25) is 0 Å². The number of amides is 2. The number of benzene rings is 2. The van der Waals surface area contributed by atoms with Crippen molar-refractivity contribution in [3.63, 3.8) is 0 Å². The Morgan fingerprint density at radius 1 is 1.12 bits per heavy atom. The predicted octanol–water partition coefficient (Wildman–Crippen LogP) is 2.95. The first-order chi connectivity index (χ1) is 12.4. The summed E-state index contributed by atoms with van der Waals surface area (Å²) in [6.45, 7) is 5.29. The van der Waals surface area contributed by atoms with Crippen molar-refractivity contribution in [2.45, 2.75) is 6.92 Å². The van der Waals surface area contributed by atoms with Crippen LogP contribution in [0, 0.1) is 0 Å². The Morgan fingerprint density at radius 2 is 1.85 bits per heavy atom. The molecule has 0 fully saturated rings. The fraction of sp³-hybridized carbons (Fsp3) is 0.105. The first kappa shape index (κ1) is 18.7. The number of nitrogens with one attached hydrogen (secondary N) is 2. The molecule has 2 amide bonds. The lowest BCUT2D eigenvalue weighted by Gasteiger charge is -2.10. The van der Waals surface area contributed by atoms with Gasteiger partial charge >= 0.3 is 5.97 Å². The minimum absolute atomic E-state index is 0.0339. The molecule has 2 aromatic carbocycles. The van der Waals surface area contributed by atoms with E-state index in [4.69, 9.17) is 4.74 Å². The number of rotatable bonds is 6. The maximum atomic E-state index is 12.4. The van der Waals surface area contributed by atoms with Crippen LogP contribution in [-0.4, -0.2) is 29.5 Å². The number of hydrogen-bond acceptors (Lipinski definition) is 5. The van der Waals surface area contributed by atoms with Crippen molar-refractivity contribution < 1.29 is 24.2 Å². The van der Waals surface area contributed by atoms with Crippen LogP contribution in [0.5, 0.6) is 5.75 Å². The van der Waals surface area contributed by atoms with E-state index in [0.29, 0.717) is 16.9 Å². The van der Waals surface area contributed by atoms with E-state index >= 15 is 0 Å². The van der Waals surface area contributed by atoms with Crippen molar-refractivity contribution in [3.05, 3.63) is 66.2 Å². The standard InChI is InChI=1S/C19H18N2O5/c1-3-17(23)20-14-8-9-16(22)15(11-14)18(24)21-13-7-5-6-12(10-13)19(25)26-4-2/h3,5-11,22H,1,4H2,2H3,(H,20,23)(H,21,24). The topological polar surface area (TPSA) is 105 Å². The van der Waals surface area contributed by atoms with Gasteiger partial charge in [0.05, 0.1) is 17.7 Å². The van der Waals surface area contributed by atoms with Gasteiger partial charge in [-0.3, -0.25) is 9.59 Å². The third-order valence-electron chi connectivity index (χ3n) is 3.33. The van der Waals surface area contributed by atoms with E-state index in [2.05, 4.69) is 17.2 Å². The lowest BCUT2D eigenvalue weighted by Crippen LogP contribution is -2.14. The molecule has 0 atom stereocenters. The van der Waals surface area contributed by atoms with Gasteiger partial charge in [0, 0.05) is 11.4 Å². The molecule has 0 aromatic heterocycles. The van der Waals surface area contributed by atoms with Gasteiger partial charge in [0.2, 0.25) is 5.91 Å². The van der Waals surface area contributed by atoms with Gasteiger partial charge in [-0.2, -0.15) is 0 Å². The summed E-state index contributed by atoms with van der Waals surface area (Å²) in [5, 5.41) is 15.0. The zero-order valence-corrected chi connectivity index (χ0v) is 14.1. The van der Waals surface area contributed by atoms with Crippen molar-refractivity contribution >= 4 is 29.2 Å². The molecular weight excluding hydrogens is 336 g/mol. The van der Waals surface area contributed by atoms with Crippen LogP contribution in [0.4, 0.5) is 11.4 Å². The molecule has 0 spiro atoms. The van der Waals surface area contributed by atoms with Gasteiger partial charge in [-0.1, -0.05) is 12.6 Å². The molecule has 26 heavy (non-hydrogen) atoms. The molecule has 0 heterocycles. The minimum Gasteiger partial charge on any atom is -0.507 e. The molecule has 2 aromatic rings. The highest BCUT2D eigenvalue weighted by Gasteiger charge is 2.14. The summed E-state index contributed by atoms with van der Waals surface area (Å²) in [4.78, 5) is 35.5. The highest BCUT2D eigenvalue weighted by Crippen LogP contribution is 2.23. The van der Waals surface area contributed by atoms with Crippen LogP contribution in [0.3, 0.4) is 0 Å². The molecule has 0 radical (unpaired) electrons. The summed E-state index contributed by atoms with van der Waals surface area (Å²) >= 11 is 0. The zero-order valence-electron chi connectivity index (χ0n) is 14.1. The smallest absolute Gasteiger partial charge is 0.338 e. The summed E-state index contributed by atoms with van der Waals surface area (Å²) < 4.78 is 4.92. The molecule has 0 bridgehead atoms. The van der Waals surface area contributed by atoms with Crippen LogP contribution >= 0.6 is 0 Å². The van der Waals surface area contributed by atoms with E-state index in [1.807, 2.05) is 0 Å². The Bertz CT molecular complexity index is 861. The van der Waals surface area contributed by atoms with Gasteiger partial charge in [-0.05, 0) is 49.4 Å². The molecule has 134 valence electrons. The van der Waals surface area contributed by atoms with Gasteiger partial charge < -0.3 is 20.5 Å². The summed E-state index contributed by atoms with van der Waals surface area (Å²) in [6, 6.07) is 10.3. The largest absolute Gasteiger partial charge is 0.507 e. The van der Waals surface area contributed by atoms with E-state index in [1.165, 1.54) is 24.3 Å². The quantitative estimate of drug-likeness (QED) is 0.420.